The molecule has 2 aliphatic rings. The van der Waals surface area contributed by atoms with Crippen LogP contribution in [-0.2, 0) is 13.1 Å². The van der Waals surface area contributed by atoms with Crippen molar-refractivity contribution >= 4 is 27.8 Å². The van der Waals surface area contributed by atoms with E-state index >= 15 is 0 Å². The van der Waals surface area contributed by atoms with E-state index in [0.717, 1.165) is 33.5 Å². The van der Waals surface area contributed by atoms with Gasteiger partial charge in [-0.3, -0.25) is 9.69 Å². The van der Waals surface area contributed by atoms with Gasteiger partial charge in [-0.2, -0.15) is 0 Å². The Labute approximate surface area is 201 Å². The van der Waals surface area contributed by atoms with Gasteiger partial charge in [0.05, 0.1) is 12.7 Å². The lowest BCUT2D eigenvalue weighted by atomic mass is 9.99. The van der Waals surface area contributed by atoms with E-state index in [1.165, 1.54) is 11.1 Å². The average molecular weight is 506 g/mol. The topological polar surface area (TPSA) is 48.0 Å². The monoisotopic (exact) mass is 505 g/mol. The summed E-state index contributed by atoms with van der Waals surface area (Å²) < 4.78 is 18.5. The highest BCUT2D eigenvalue weighted by Gasteiger charge is 2.33. The van der Waals surface area contributed by atoms with Crippen LogP contribution in [0, 0.1) is 13.8 Å². The molecule has 0 saturated heterocycles. The molecule has 2 heterocycles. The number of halogens is 1. The number of allylic oxidation sites excluding steroid dienone is 1. The second-order valence-corrected chi connectivity index (χ2v) is 9.35. The Morgan fingerprint density at radius 1 is 1.09 bits per heavy atom. The fourth-order valence-electron chi connectivity index (χ4n) is 4.31. The summed E-state index contributed by atoms with van der Waals surface area (Å²) in [5, 5.41) is 0. The van der Waals surface area contributed by atoms with Crippen molar-refractivity contribution in [2.24, 2.45) is 0 Å². The molecule has 0 spiro atoms. The molecule has 3 aromatic carbocycles. The van der Waals surface area contributed by atoms with Crippen molar-refractivity contribution in [3.63, 3.8) is 0 Å². The summed E-state index contributed by atoms with van der Waals surface area (Å²) in [5.41, 5.74) is 5.68. The third kappa shape index (κ3) is 4.16. The van der Waals surface area contributed by atoms with Crippen molar-refractivity contribution < 1.29 is 19.0 Å². The van der Waals surface area contributed by atoms with Crippen LogP contribution in [0.5, 0.6) is 17.2 Å². The molecule has 0 unspecified atom stereocenters. The van der Waals surface area contributed by atoms with Gasteiger partial charge in [-0.15, -0.1) is 0 Å². The Morgan fingerprint density at radius 2 is 1.88 bits per heavy atom. The van der Waals surface area contributed by atoms with Crippen molar-refractivity contribution in [2.45, 2.75) is 26.9 Å². The van der Waals surface area contributed by atoms with Crippen molar-refractivity contribution in [1.29, 1.82) is 0 Å². The van der Waals surface area contributed by atoms with Crippen LogP contribution in [0.3, 0.4) is 0 Å². The number of methoxy groups -OCH3 is 1. The van der Waals surface area contributed by atoms with Crippen molar-refractivity contribution in [3.05, 3.63) is 92.1 Å². The van der Waals surface area contributed by atoms with Crippen molar-refractivity contribution in [1.82, 2.24) is 4.90 Å². The van der Waals surface area contributed by atoms with Gasteiger partial charge in [0.15, 0.2) is 5.76 Å². The molecule has 0 fully saturated rings. The molecule has 0 aliphatic carbocycles. The molecular weight excluding hydrogens is 482 g/mol. The van der Waals surface area contributed by atoms with Crippen LogP contribution in [0.4, 0.5) is 0 Å². The second kappa shape index (κ2) is 8.69. The van der Waals surface area contributed by atoms with E-state index in [1.54, 1.807) is 13.2 Å². The van der Waals surface area contributed by atoms with E-state index in [2.05, 4.69) is 52.0 Å². The fraction of sp³-hybridized carbons (Fsp3) is 0.222. The van der Waals surface area contributed by atoms with E-state index < -0.39 is 0 Å². The Kier molecular flexibility index (Phi) is 5.72. The molecule has 5 rings (SSSR count). The summed E-state index contributed by atoms with van der Waals surface area (Å²) in [6, 6.07) is 16.1. The molecule has 0 atom stereocenters. The number of nitrogens with zero attached hydrogens (tertiary/aromatic N) is 1. The summed E-state index contributed by atoms with van der Waals surface area (Å²) in [4.78, 5) is 15.5. The highest BCUT2D eigenvalue weighted by molar-refractivity contribution is 9.10. The Balaban J connectivity index is 1.43. The Morgan fingerprint density at radius 3 is 2.64 bits per heavy atom. The first-order valence-electron chi connectivity index (χ1n) is 10.8. The maximum Gasteiger partial charge on any atom is 0.231 e. The summed E-state index contributed by atoms with van der Waals surface area (Å²) in [5.74, 6) is 2.20. The van der Waals surface area contributed by atoms with E-state index in [-0.39, 0.29) is 11.5 Å². The van der Waals surface area contributed by atoms with Gasteiger partial charge < -0.3 is 14.2 Å². The van der Waals surface area contributed by atoms with Crippen LogP contribution >= 0.6 is 15.9 Å². The number of ketones is 1. The molecule has 2 aliphatic heterocycles. The summed E-state index contributed by atoms with van der Waals surface area (Å²) in [6.07, 6.45) is 1.73. The number of benzene rings is 3. The quantitative estimate of drug-likeness (QED) is 0.404. The van der Waals surface area contributed by atoms with Crippen molar-refractivity contribution in [3.8, 4) is 17.2 Å². The van der Waals surface area contributed by atoms with Gasteiger partial charge in [0, 0.05) is 34.3 Å². The molecule has 0 amide bonds. The van der Waals surface area contributed by atoms with E-state index in [9.17, 15) is 4.79 Å². The minimum atomic E-state index is -0.131. The number of carbonyl (C=O) groups is 1. The molecule has 0 bridgehead atoms. The van der Waals surface area contributed by atoms with Crippen LogP contribution in [0.1, 0.15) is 38.2 Å². The number of fused-ring (bicyclic) bond motifs is 2. The third-order valence-electron chi connectivity index (χ3n) is 6.01. The highest BCUT2D eigenvalue weighted by Crippen LogP contribution is 2.43. The Bertz CT molecular complexity index is 1280. The molecule has 168 valence electrons. The number of Topliss-reactive ketones (excluding diaryl/α,β-unsaturated/α-hetero) is 1. The molecular formula is C27H24BrNO4. The number of hydrogen-bond acceptors (Lipinski definition) is 5. The predicted molar refractivity (Wildman–Crippen MR) is 131 cm³/mol. The first-order chi connectivity index (χ1) is 15.9. The maximum atomic E-state index is 13.2. The van der Waals surface area contributed by atoms with Crippen molar-refractivity contribution in [2.75, 3.05) is 13.8 Å². The van der Waals surface area contributed by atoms with Crippen LogP contribution < -0.4 is 14.2 Å². The third-order valence-corrected chi connectivity index (χ3v) is 6.50. The van der Waals surface area contributed by atoms with Gasteiger partial charge in [0.25, 0.3) is 0 Å². The van der Waals surface area contributed by atoms with E-state index in [4.69, 9.17) is 14.2 Å². The molecule has 5 nitrogen and oxygen atoms in total. The predicted octanol–water partition coefficient (Wildman–Crippen LogP) is 6.04. The standard InChI is InChI=1S/C27H24BrNO4/c1-16-4-6-18(7-5-16)13-29-14-20-11-22-25(30)24(33-27(22)17(2)26(20)32-15-29)12-19-10-21(28)8-9-23(19)31-3/h4-12H,13-15H2,1-3H3/b24-12-. The SMILES string of the molecule is COc1ccc(Br)cc1/C=C1\Oc2c(cc3c(c2C)OCN(Cc2ccc(C)cc2)C3)C1=O. The zero-order chi connectivity index (χ0) is 23.1. The van der Waals surface area contributed by atoms with Crippen LogP contribution in [0.25, 0.3) is 6.08 Å². The summed E-state index contributed by atoms with van der Waals surface area (Å²) >= 11 is 3.48. The zero-order valence-electron chi connectivity index (χ0n) is 18.8. The van der Waals surface area contributed by atoms with Gasteiger partial charge in [0.1, 0.15) is 24.0 Å². The summed E-state index contributed by atoms with van der Waals surface area (Å²) in [6.45, 7) is 6.02. The first kappa shape index (κ1) is 21.7. The van der Waals surface area contributed by atoms with Gasteiger partial charge in [-0.25, -0.2) is 0 Å². The van der Waals surface area contributed by atoms with Gasteiger partial charge in [-0.05, 0) is 49.8 Å². The maximum absolute atomic E-state index is 13.2. The molecule has 0 saturated carbocycles. The summed E-state index contributed by atoms with van der Waals surface area (Å²) in [7, 11) is 1.61. The van der Waals surface area contributed by atoms with E-state index in [1.807, 2.05) is 31.2 Å². The molecule has 0 radical (unpaired) electrons. The number of carbonyl (C=O) groups excluding carboxylic acids is 1. The lowest BCUT2D eigenvalue weighted by molar-refractivity contribution is 0.0876. The minimum Gasteiger partial charge on any atom is -0.496 e. The zero-order valence-corrected chi connectivity index (χ0v) is 20.4. The van der Waals surface area contributed by atoms with Crippen LogP contribution in [-0.4, -0.2) is 24.5 Å². The minimum absolute atomic E-state index is 0.131. The molecule has 6 heteroatoms. The normalized spacial score (nSPS) is 16.2. The first-order valence-corrected chi connectivity index (χ1v) is 11.6. The highest BCUT2D eigenvalue weighted by atomic mass is 79.9. The smallest absolute Gasteiger partial charge is 0.231 e. The van der Waals surface area contributed by atoms with Crippen LogP contribution in [0.15, 0.2) is 58.8 Å². The number of rotatable bonds is 4. The molecule has 0 N–H and O–H groups in total. The largest absolute Gasteiger partial charge is 0.496 e. The average Bonchev–Trinajstić information content (AvgIpc) is 3.11. The molecule has 3 aromatic rings. The van der Waals surface area contributed by atoms with E-state index in [0.29, 0.717) is 30.3 Å². The van der Waals surface area contributed by atoms with Gasteiger partial charge >= 0.3 is 0 Å². The number of ether oxygens (including phenoxy) is 3. The lowest BCUT2D eigenvalue weighted by Gasteiger charge is -2.30. The van der Waals surface area contributed by atoms with Gasteiger partial charge in [-0.1, -0.05) is 45.8 Å². The second-order valence-electron chi connectivity index (χ2n) is 8.44. The fourth-order valence-corrected chi connectivity index (χ4v) is 4.69. The van der Waals surface area contributed by atoms with Crippen LogP contribution in [0.2, 0.25) is 0 Å². The van der Waals surface area contributed by atoms with Gasteiger partial charge in [0.2, 0.25) is 5.78 Å². The number of hydrogen-bond donors (Lipinski definition) is 0. The Hall–Kier alpha value is -3.09. The number of aryl methyl sites for hydroxylation is 1. The lowest BCUT2D eigenvalue weighted by Crippen LogP contribution is -2.32. The molecule has 33 heavy (non-hydrogen) atoms. The molecule has 0 aromatic heterocycles.